The van der Waals surface area contributed by atoms with Gasteiger partial charge in [-0.1, -0.05) is 24.3 Å². The number of carbonyl (C=O) groups is 1. The Balaban J connectivity index is 2.44. The van der Waals surface area contributed by atoms with E-state index in [0.29, 0.717) is 0 Å². The van der Waals surface area contributed by atoms with Gasteiger partial charge in [-0.25, -0.2) is 4.99 Å². The molecule has 1 unspecified atom stereocenters. The smallest absolute Gasteiger partial charge is 0.252 e. The fraction of sp³-hybridized carbons (Fsp3) is 0.200. The van der Waals surface area contributed by atoms with Crippen molar-refractivity contribution >= 4 is 23.4 Å². The van der Waals surface area contributed by atoms with Gasteiger partial charge in [-0.05, 0) is 42.1 Å². The van der Waals surface area contributed by atoms with Gasteiger partial charge in [0.05, 0.1) is 13.0 Å². The van der Waals surface area contributed by atoms with Gasteiger partial charge in [-0.2, -0.15) is 0 Å². The van der Waals surface area contributed by atoms with Crippen LogP contribution in [0, 0.1) is 0 Å². The van der Waals surface area contributed by atoms with Crippen LogP contribution in [0.15, 0.2) is 41.4 Å². The number of benzene rings is 2. The van der Waals surface area contributed by atoms with Gasteiger partial charge in [0.15, 0.2) is 0 Å². The highest BCUT2D eigenvalue weighted by molar-refractivity contribution is 5.90. The topological polar surface area (TPSA) is 38.7 Å². The summed E-state index contributed by atoms with van der Waals surface area (Å²) in [5.74, 6) is 0.365. The molecular weight excluding hydrogens is 226 g/mol. The first-order valence-electron chi connectivity index (χ1n) is 5.74. The van der Waals surface area contributed by atoms with E-state index < -0.39 is 0 Å². The summed E-state index contributed by atoms with van der Waals surface area (Å²) < 4.78 is 5.18. The van der Waals surface area contributed by atoms with E-state index in [1.54, 1.807) is 7.11 Å². The second kappa shape index (κ2) is 5.00. The number of rotatable bonds is 3. The Bertz CT molecular complexity index is 604. The summed E-state index contributed by atoms with van der Waals surface area (Å²) in [7, 11) is 1.64. The van der Waals surface area contributed by atoms with Crippen LogP contribution in [-0.2, 0) is 4.79 Å². The first-order chi connectivity index (χ1) is 8.65. The maximum atomic E-state index is 11.5. The molecule has 0 spiro atoms. The molecule has 0 saturated carbocycles. The number of amides is 1. The third-order valence-electron chi connectivity index (χ3n) is 3.10. The molecule has 0 heterocycles. The van der Waals surface area contributed by atoms with Crippen LogP contribution in [0.25, 0.3) is 10.8 Å². The maximum absolute atomic E-state index is 11.5. The van der Waals surface area contributed by atoms with E-state index in [9.17, 15) is 4.79 Å². The largest absolute Gasteiger partial charge is 0.497 e. The highest BCUT2D eigenvalue weighted by Gasteiger charge is 2.13. The van der Waals surface area contributed by atoms with E-state index in [4.69, 9.17) is 4.74 Å². The third-order valence-corrected chi connectivity index (χ3v) is 3.10. The first-order valence-corrected chi connectivity index (χ1v) is 5.74. The van der Waals surface area contributed by atoms with Crippen molar-refractivity contribution in [3.8, 4) is 5.75 Å². The lowest BCUT2D eigenvalue weighted by Crippen LogP contribution is -2.05. The predicted octanol–water partition coefficient (Wildman–Crippen LogP) is 3.18. The average Bonchev–Trinajstić information content (AvgIpc) is 2.44. The van der Waals surface area contributed by atoms with Gasteiger partial charge in [0, 0.05) is 0 Å². The molecule has 2 aromatic rings. The highest BCUT2D eigenvalue weighted by atomic mass is 16.5. The first kappa shape index (κ1) is 12.3. The van der Waals surface area contributed by atoms with Gasteiger partial charge in [0.2, 0.25) is 0 Å². The summed E-state index contributed by atoms with van der Waals surface area (Å²) in [6, 6.07) is 11.8. The van der Waals surface area contributed by atoms with Crippen LogP contribution in [0.1, 0.15) is 18.4 Å². The van der Waals surface area contributed by atoms with Crippen molar-refractivity contribution in [2.24, 2.45) is 4.99 Å². The van der Waals surface area contributed by atoms with Gasteiger partial charge in [-0.3, -0.25) is 4.79 Å². The van der Waals surface area contributed by atoms with Gasteiger partial charge >= 0.3 is 0 Å². The van der Waals surface area contributed by atoms with Crippen molar-refractivity contribution in [2.45, 2.75) is 12.8 Å². The molecule has 2 rings (SSSR count). The summed E-state index contributed by atoms with van der Waals surface area (Å²) in [5.41, 5.74) is 0.949. The maximum Gasteiger partial charge on any atom is 0.252 e. The summed E-state index contributed by atoms with van der Waals surface area (Å²) in [4.78, 5) is 15.0. The molecule has 0 radical (unpaired) electrons. The number of carbonyl (C=O) groups excluding carboxylic acids is 1. The van der Waals surface area contributed by atoms with Crippen LogP contribution >= 0.6 is 0 Å². The minimum Gasteiger partial charge on any atom is -0.497 e. The molecule has 0 aliphatic heterocycles. The molecule has 18 heavy (non-hydrogen) atoms. The minimum absolute atomic E-state index is 0.206. The molecule has 0 aliphatic carbocycles. The number of methoxy groups -OCH3 is 1. The van der Waals surface area contributed by atoms with Crippen molar-refractivity contribution in [3.05, 3.63) is 42.0 Å². The second-order valence-electron chi connectivity index (χ2n) is 4.19. The Morgan fingerprint density at radius 1 is 1.22 bits per heavy atom. The van der Waals surface area contributed by atoms with Crippen molar-refractivity contribution in [2.75, 3.05) is 7.11 Å². The van der Waals surface area contributed by atoms with E-state index in [1.165, 1.54) is 0 Å². The number of nitrogens with zero attached hydrogens (tertiary/aromatic N) is 1. The summed E-state index contributed by atoms with van der Waals surface area (Å²) in [6.45, 7) is 5.11. The minimum atomic E-state index is -0.256. The van der Waals surface area contributed by atoms with E-state index in [2.05, 4.69) is 11.7 Å². The van der Waals surface area contributed by atoms with E-state index >= 15 is 0 Å². The van der Waals surface area contributed by atoms with E-state index in [0.717, 1.165) is 22.1 Å². The lowest BCUT2D eigenvalue weighted by atomic mass is 9.97. The van der Waals surface area contributed by atoms with Gasteiger partial charge < -0.3 is 4.74 Å². The Morgan fingerprint density at radius 3 is 2.56 bits per heavy atom. The number of hydrogen-bond donors (Lipinski definition) is 0. The summed E-state index contributed by atoms with van der Waals surface area (Å²) in [5, 5.41) is 2.17. The molecule has 0 aliphatic rings. The van der Waals surface area contributed by atoms with Crippen LogP contribution in [-0.4, -0.2) is 19.7 Å². The Hall–Kier alpha value is -2.16. The highest BCUT2D eigenvalue weighted by Crippen LogP contribution is 2.25. The average molecular weight is 241 g/mol. The zero-order valence-corrected chi connectivity index (χ0v) is 10.5. The fourth-order valence-corrected chi connectivity index (χ4v) is 1.92. The SMILES string of the molecule is C=NC(=O)C(C)c1ccc2cc(OC)ccc2c1. The van der Waals surface area contributed by atoms with Gasteiger partial charge in [0.1, 0.15) is 5.75 Å². The molecule has 0 saturated heterocycles. The van der Waals surface area contributed by atoms with Crippen molar-refractivity contribution in [1.82, 2.24) is 0 Å². The molecule has 1 amide bonds. The molecular formula is C15H15NO2. The number of fused-ring (bicyclic) bond motifs is 1. The zero-order chi connectivity index (χ0) is 13.1. The molecule has 0 N–H and O–H groups in total. The van der Waals surface area contributed by atoms with E-state index in [1.807, 2.05) is 43.3 Å². The molecule has 0 bridgehead atoms. The van der Waals surface area contributed by atoms with Gasteiger partial charge in [0.25, 0.3) is 5.91 Å². The van der Waals surface area contributed by atoms with Crippen LogP contribution < -0.4 is 4.74 Å². The molecule has 3 nitrogen and oxygen atoms in total. The lowest BCUT2D eigenvalue weighted by Gasteiger charge is -2.09. The monoisotopic (exact) mass is 241 g/mol. The van der Waals surface area contributed by atoms with Crippen LogP contribution in [0.2, 0.25) is 0 Å². The normalized spacial score (nSPS) is 12.1. The number of ether oxygens (including phenoxy) is 1. The quantitative estimate of drug-likeness (QED) is 0.774. The zero-order valence-electron chi connectivity index (χ0n) is 10.5. The van der Waals surface area contributed by atoms with Crippen molar-refractivity contribution < 1.29 is 9.53 Å². The number of hydrogen-bond acceptors (Lipinski definition) is 2. The molecule has 1 atom stereocenters. The lowest BCUT2D eigenvalue weighted by molar-refractivity contribution is -0.118. The van der Waals surface area contributed by atoms with Crippen LogP contribution in [0.3, 0.4) is 0 Å². The Morgan fingerprint density at radius 2 is 1.89 bits per heavy atom. The van der Waals surface area contributed by atoms with Crippen molar-refractivity contribution in [3.63, 3.8) is 0 Å². The van der Waals surface area contributed by atoms with Gasteiger partial charge in [-0.15, -0.1) is 0 Å². The molecule has 92 valence electrons. The number of aliphatic imine (C=N–C) groups is 1. The molecule has 2 aromatic carbocycles. The molecule has 0 fully saturated rings. The summed E-state index contributed by atoms with van der Waals surface area (Å²) >= 11 is 0. The Labute approximate surface area is 106 Å². The third kappa shape index (κ3) is 2.25. The Kier molecular flexibility index (Phi) is 3.42. The molecule has 3 heteroatoms. The standard InChI is InChI=1S/C15H15NO2/c1-10(15(17)16-2)11-4-5-13-9-14(18-3)7-6-12(13)8-11/h4-10H,2H2,1,3H3. The molecule has 0 aromatic heterocycles. The second-order valence-corrected chi connectivity index (χ2v) is 4.19. The van der Waals surface area contributed by atoms with E-state index in [-0.39, 0.29) is 11.8 Å². The van der Waals surface area contributed by atoms with Crippen molar-refractivity contribution in [1.29, 1.82) is 0 Å². The predicted molar refractivity (Wildman–Crippen MR) is 73.5 cm³/mol. The van der Waals surface area contributed by atoms with Crippen LogP contribution in [0.5, 0.6) is 5.75 Å². The summed E-state index contributed by atoms with van der Waals surface area (Å²) in [6.07, 6.45) is 0. The fourth-order valence-electron chi connectivity index (χ4n) is 1.92. The van der Waals surface area contributed by atoms with Crippen LogP contribution in [0.4, 0.5) is 0 Å².